The molecule has 4 amide bonds. The third-order valence-electron chi connectivity index (χ3n) is 13.9. The standard InChI is InChI=1S/C55H67ClN12O4/c1-3-39-10-8-12-42(32-39)43-33-47(64-48(69)36-58-34-40-11-7-9-38(2)31-40)50(61-35-43)53(71)60-22-6-4-5-13-49(70)67-29-27-66(28-30-67)24-19-46(41-14-16-44(56)17-15-41)65-54(72)55(57)20-25-68(26-21-55)52-45-18-23-59-51(45)62-37-63-52/h7-12,14-18,23,31-33,35,37,46,58H,3-6,13,19-22,24-30,34,36,57H2,1-2H3,(H,60,71)(H,64,69)(H,65,72)(H,59,62,63)/t46-/m0/s1. The molecule has 5 heterocycles. The topological polar surface area (TPSA) is 207 Å². The molecule has 0 radical (unpaired) electrons. The van der Waals surface area contributed by atoms with Gasteiger partial charge in [0.2, 0.25) is 17.7 Å². The molecule has 3 aromatic carbocycles. The molecule has 16 nitrogen and oxygen atoms in total. The van der Waals surface area contributed by atoms with Gasteiger partial charge < -0.3 is 41.8 Å². The number of halogens is 1. The average molecular weight is 996 g/mol. The molecule has 0 unspecified atom stereocenters. The molecule has 0 spiro atoms. The number of aromatic nitrogens is 4. The second-order valence-electron chi connectivity index (χ2n) is 19.1. The third-order valence-corrected chi connectivity index (χ3v) is 14.1. The number of pyridine rings is 1. The van der Waals surface area contributed by atoms with Crippen molar-refractivity contribution in [3.8, 4) is 11.1 Å². The second kappa shape index (κ2) is 24.6. The fraction of sp³-hybridized carbons (Fsp3) is 0.400. The van der Waals surface area contributed by atoms with Gasteiger partial charge in [-0.25, -0.2) is 15.0 Å². The Morgan fingerprint density at radius 3 is 2.40 bits per heavy atom. The van der Waals surface area contributed by atoms with Gasteiger partial charge in [0.15, 0.2) is 5.69 Å². The zero-order valence-corrected chi connectivity index (χ0v) is 42.1. The molecule has 2 aliphatic rings. The lowest BCUT2D eigenvalue weighted by Crippen LogP contribution is -2.60. The maximum Gasteiger partial charge on any atom is 0.272 e. The van der Waals surface area contributed by atoms with Crippen LogP contribution in [0.25, 0.3) is 22.2 Å². The molecule has 17 heteroatoms. The highest BCUT2D eigenvalue weighted by atomic mass is 35.5. The lowest BCUT2D eigenvalue weighted by atomic mass is 9.87. The van der Waals surface area contributed by atoms with Gasteiger partial charge in [0, 0.05) is 88.3 Å². The van der Waals surface area contributed by atoms with E-state index in [9.17, 15) is 19.2 Å². The first-order valence-electron chi connectivity index (χ1n) is 25.3. The number of carbonyl (C=O) groups is 4. The van der Waals surface area contributed by atoms with E-state index in [2.05, 4.69) is 76.1 Å². The summed E-state index contributed by atoms with van der Waals surface area (Å²) in [5, 5.41) is 14.0. The summed E-state index contributed by atoms with van der Waals surface area (Å²) < 4.78 is 0. The molecule has 0 bridgehead atoms. The van der Waals surface area contributed by atoms with Crippen LogP contribution < -0.4 is 31.9 Å². The number of carbonyl (C=O) groups excluding carboxylic acids is 4. The molecule has 378 valence electrons. The fourth-order valence-corrected chi connectivity index (χ4v) is 9.66. The van der Waals surface area contributed by atoms with E-state index in [1.54, 1.807) is 12.5 Å². The van der Waals surface area contributed by atoms with Crippen LogP contribution in [0.1, 0.15) is 90.7 Å². The summed E-state index contributed by atoms with van der Waals surface area (Å²) in [5.41, 5.74) is 13.2. The van der Waals surface area contributed by atoms with Gasteiger partial charge in [-0.2, -0.15) is 0 Å². The Bertz CT molecular complexity index is 2800. The van der Waals surface area contributed by atoms with E-state index in [0.717, 1.165) is 77.1 Å². The highest BCUT2D eigenvalue weighted by Crippen LogP contribution is 2.30. The van der Waals surface area contributed by atoms with Crippen LogP contribution in [0.2, 0.25) is 5.02 Å². The SMILES string of the molecule is CCc1cccc(-c2cnc(C(=O)NCCCCCC(=O)N3CCN(CC[C@H](NC(=O)C4(N)CCN(c5ncnc6[nH]ccc56)CC4)c4ccc(Cl)cc4)CC3)c(NC(=O)CNCc3cccc(C)c3)c2)c1. The number of nitrogens with two attached hydrogens (primary N) is 1. The lowest BCUT2D eigenvalue weighted by molar-refractivity contribution is -0.133. The first kappa shape index (κ1) is 51.6. The molecule has 2 aliphatic heterocycles. The number of benzene rings is 3. The summed E-state index contributed by atoms with van der Waals surface area (Å²) in [4.78, 5) is 76.9. The molecule has 3 aromatic heterocycles. The Labute approximate surface area is 426 Å². The molecular formula is C55H67ClN12O4. The van der Waals surface area contributed by atoms with E-state index in [-0.39, 0.29) is 41.9 Å². The zero-order valence-electron chi connectivity index (χ0n) is 41.4. The largest absolute Gasteiger partial charge is 0.356 e. The van der Waals surface area contributed by atoms with Crippen molar-refractivity contribution in [3.05, 3.63) is 137 Å². The van der Waals surface area contributed by atoms with Crippen LogP contribution in [0.15, 0.2) is 104 Å². The molecule has 72 heavy (non-hydrogen) atoms. The van der Waals surface area contributed by atoms with Crippen LogP contribution in [-0.4, -0.2) is 118 Å². The summed E-state index contributed by atoms with van der Waals surface area (Å²) in [6, 6.07) is 27.3. The van der Waals surface area contributed by atoms with Gasteiger partial charge in [-0.05, 0) is 92.0 Å². The fourth-order valence-electron chi connectivity index (χ4n) is 9.54. The van der Waals surface area contributed by atoms with Crippen molar-refractivity contribution < 1.29 is 19.2 Å². The number of nitrogens with one attached hydrogen (secondary N) is 5. The van der Waals surface area contributed by atoms with Crippen molar-refractivity contribution in [2.75, 3.05) is 69.1 Å². The number of aryl methyl sites for hydroxylation is 2. The number of fused-ring (bicyclic) bond motifs is 1. The molecule has 6 aromatic rings. The maximum atomic E-state index is 14.0. The smallest absolute Gasteiger partial charge is 0.272 e. The number of piperazine rings is 1. The number of unbranched alkanes of at least 4 members (excludes halogenated alkanes) is 2. The van der Waals surface area contributed by atoms with E-state index < -0.39 is 5.54 Å². The van der Waals surface area contributed by atoms with Gasteiger partial charge >= 0.3 is 0 Å². The first-order chi connectivity index (χ1) is 34.9. The van der Waals surface area contributed by atoms with Crippen molar-refractivity contribution in [1.29, 1.82) is 0 Å². The lowest BCUT2D eigenvalue weighted by Gasteiger charge is -2.39. The van der Waals surface area contributed by atoms with Gasteiger partial charge in [-0.1, -0.05) is 91.2 Å². The van der Waals surface area contributed by atoms with E-state index in [0.29, 0.717) is 88.5 Å². The van der Waals surface area contributed by atoms with Gasteiger partial charge in [0.25, 0.3) is 5.91 Å². The number of nitrogens with zero attached hydrogens (tertiary/aromatic N) is 6. The van der Waals surface area contributed by atoms with Crippen LogP contribution in [0.3, 0.4) is 0 Å². The van der Waals surface area contributed by atoms with Gasteiger partial charge in [0.1, 0.15) is 17.8 Å². The Morgan fingerprint density at radius 1 is 0.847 bits per heavy atom. The summed E-state index contributed by atoms with van der Waals surface area (Å²) in [5.74, 6) is 0.149. The molecule has 0 saturated carbocycles. The number of piperidine rings is 1. The molecule has 8 rings (SSSR count). The zero-order chi connectivity index (χ0) is 50.5. The van der Waals surface area contributed by atoms with Gasteiger partial charge in [0.05, 0.1) is 29.2 Å². The van der Waals surface area contributed by atoms with Gasteiger partial charge in [-0.3, -0.25) is 24.1 Å². The number of aromatic amines is 1. The summed E-state index contributed by atoms with van der Waals surface area (Å²) >= 11 is 6.26. The normalized spacial score (nSPS) is 15.3. The minimum atomic E-state index is -1.02. The number of hydrogen-bond acceptors (Lipinski definition) is 11. The second-order valence-corrected chi connectivity index (χ2v) is 19.5. The third kappa shape index (κ3) is 13.6. The van der Waals surface area contributed by atoms with Crippen molar-refractivity contribution >= 4 is 57.8 Å². The number of anilines is 2. The summed E-state index contributed by atoms with van der Waals surface area (Å²) in [6.45, 7) is 9.79. The van der Waals surface area contributed by atoms with Crippen LogP contribution in [0.4, 0.5) is 11.5 Å². The number of hydrogen-bond donors (Lipinski definition) is 6. The van der Waals surface area contributed by atoms with Crippen molar-refractivity contribution in [3.63, 3.8) is 0 Å². The molecule has 2 fully saturated rings. The molecular weight excluding hydrogens is 928 g/mol. The van der Waals surface area contributed by atoms with E-state index in [1.807, 2.05) is 84.8 Å². The molecule has 1 atom stereocenters. The van der Waals surface area contributed by atoms with Crippen LogP contribution in [-0.2, 0) is 27.3 Å². The molecule has 7 N–H and O–H groups in total. The van der Waals surface area contributed by atoms with E-state index in [1.165, 1.54) is 5.56 Å². The number of H-pyrrole nitrogens is 1. The number of amides is 4. The first-order valence-corrected chi connectivity index (χ1v) is 25.6. The average Bonchev–Trinajstić information content (AvgIpc) is 3.89. The van der Waals surface area contributed by atoms with Crippen LogP contribution in [0.5, 0.6) is 0 Å². The van der Waals surface area contributed by atoms with Crippen LogP contribution in [0, 0.1) is 6.92 Å². The van der Waals surface area contributed by atoms with Crippen molar-refractivity contribution in [2.24, 2.45) is 5.73 Å². The predicted octanol–water partition coefficient (Wildman–Crippen LogP) is 6.95. The Hall–Kier alpha value is -6.72. The maximum absolute atomic E-state index is 14.0. The highest BCUT2D eigenvalue weighted by molar-refractivity contribution is 6.30. The van der Waals surface area contributed by atoms with E-state index in [4.69, 9.17) is 17.3 Å². The molecule has 0 aliphatic carbocycles. The Kier molecular flexibility index (Phi) is 17.6. The molecule has 2 saturated heterocycles. The van der Waals surface area contributed by atoms with Crippen molar-refractivity contribution in [1.82, 2.24) is 45.7 Å². The highest BCUT2D eigenvalue weighted by Gasteiger charge is 2.39. The monoisotopic (exact) mass is 995 g/mol. The minimum Gasteiger partial charge on any atom is -0.356 e. The van der Waals surface area contributed by atoms with E-state index >= 15 is 0 Å². The summed E-state index contributed by atoms with van der Waals surface area (Å²) in [6.07, 6.45) is 10.2. The Morgan fingerprint density at radius 2 is 1.62 bits per heavy atom. The van der Waals surface area contributed by atoms with Gasteiger partial charge in [-0.15, -0.1) is 0 Å². The number of rotatable bonds is 21. The minimum absolute atomic E-state index is 0.0631. The quantitative estimate of drug-likeness (QED) is 0.0407. The van der Waals surface area contributed by atoms with Crippen LogP contribution >= 0.6 is 11.6 Å². The summed E-state index contributed by atoms with van der Waals surface area (Å²) in [7, 11) is 0. The predicted molar refractivity (Wildman–Crippen MR) is 284 cm³/mol. The Balaban J connectivity index is 0.765. The van der Waals surface area contributed by atoms with Crippen molar-refractivity contribution in [2.45, 2.75) is 83.3 Å².